The number of halogens is 1. The molecule has 0 aliphatic rings. The Morgan fingerprint density at radius 1 is 1.19 bits per heavy atom. The van der Waals surface area contributed by atoms with Gasteiger partial charge < -0.3 is 9.64 Å². The van der Waals surface area contributed by atoms with Gasteiger partial charge in [-0.05, 0) is 44.0 Å². The van der Waals surface area contributed by atoms with Crippen molar-refractivity contribution >= 4 is 21.8 Å². The van der Waals surface area contributed by atoms with E-state index in [2.05, 4.69) is 22.0 Å². The van der Waals surface area contributed by atoms with Gasteiger partial charge in [0.1, 0.15) is 5.75 Å². The zero-order valence-electron chi connectivity index (χ0n) is 15.1. The number of nitriles is 1. The van der Waals surface area contributed by atoms with Crippen LogP contribution >= 0.6 is 15.9 Å². The van der Waals surface area contributed by atoms with E-state index in [-0.39, 0.29) is 12.0 Å². The zero-order chi connectivity index (χ0) is 18.9. The highest BCUT2D eigenvalue weighted by molar-refractivity contribution is 9.10. The van der Waals surface area contributed by atoms with Crippen molar-refractivity contribution in [1.82, 2.24) is 4.90 Å². The normalized spacial score (nSPS) is 10.4. The van der Waals surface area contributed by atoms with Gasteiger partial charge in [-0.1, -0.05) is 46.3 Å². The molecule has 0 fully saturated rings. The van der Waals surface area contributed by atoms with Gasteiger partial charge in [-0.3, -0.25) is 4.79 Å². The summed E-state index contributed by atoms with van der Waals surface area (Å²) in [7, 11) is 0. The van der Waals surface area contributed by atoms with Gasteiger partial charge >= 0.3 is 0 Å². The summed E-state index contributed by atoms with van der Waals surface area (Å²) in [4.78, 5) is 14.9. The number of hydrogen-bond acceptors (Lipinski definition) is 3. The van der Waals surface area contributed by atoms with Crippen LogP contribution in [0.5, 0.6) is 5.75 Å². The van der Waals surface area contributed by atoms with Crippen molar-refractivity contribution in [2.24, 2.45) is 0 Å². The molecule has 2 aromatic rings. The maximum atomic E-state index is 13.1. The third-order valence-electron chi connectivity index (χ3n) is 3.83. The van der Waals surface area contributed by atoms with Crippen molar-refractivity contribution < 1.29 is 9.53 Å². The number of carbonyl (C=O) groups excluding carboxylic acids is 1. The van der Waals surface area contributed by atoms with E-state index in [0.29, 0.717) is 30.8 Å². The molecular weight excluding hydrogens is 392 g/mol. The van der Waals surface area contributed by atoms with Gasteiger partial charge in [-0.2, -0.15) is 5.26 Å². The first kappa shape index (κ1) is 20.0. The van der Waals surface area contributed by atoms with Crippen LogP contribution in [0.4, 0.5) is 0 Å². The summed E-state index contributed by atoms with van der Waals surface area (Å²) >= 11 is 3.43. The lowest BCUT2D eigenvalue weighted by molar-refractivity contribution is 0.0754. The molecule has 2 aromatic carbocycles. The summed E-state index contributed by atoms with van der Waals surface area (Å²) in [6.45, 7) is 4.81. The maximum Gasteiger partial charge on any atom is 0.257 e. The monoisotopic (exact) mass is 414 g/mol. The first-order valence-electron chi connectivity index (χ1n) is 8.67. The highest BCUT2D eigenvalue weighted by atomic mass is 79.9. The Hall–Kier alpha value is -2.32. The molecule has 0 aromatic heterocycles. The van der Waals surface area contributed by atoms with Crippen molar-refractivity contribution in [3.05, 3.63) is 64.1 Å². The second-order valence-electron chi connectivity index (χ2n) is 6.24. The molecule has 1 amide bonds. The molecule has 0 saturated heterocycles. The van der Waals surface area contributed by atoms with Gasteiger partial charge in [0.25, 0.3) is 5.91 Å². The van der Waals surface area contributed by atoms with E-state index < -0.39 is 0 Å². The lowest BCUT2D eigenvalue weighted by Crippen LogP contribution is -2.34. The fraction of sp³-hybridized carbons (Fsp3) is 0.333. The van der Waals surface area contributed by atoms with E-state index in [1.54, 1.807) is 17.0 Å². The molecule has 5 heteroatoms. The van der Waals surface area contributed by atoms with Crippen molar-refractivity contribution in [3.63, 3.8) is 0 Å². The van der Waals surface area contributed by atoms with E-state index >= 15 is 0 Å². The fourth-order valence-corrected chi connectivity index (χ4v) is 2.97. The van der Waals surface area contributed by atoms with E-state index in [0.717, 1.165) is 16.5 Å². The predicted molar refractivity (Wildman–Crippen MR) is 106 cm³/mol. The lowest BCUT2D eigenvalue weighted by Gasteiger charge is -2.24. The highest BCUT2D eigenvalue weighted by Crippen LogP contribution is 2.26. The van der Waals surface area contributed by atoms with E-state index in [9.17, 15) is 4.79 Å². The van der Waals surface area contributed by atoms with Crippen LogP contribution in [0.3, 0.4) is 0 Å². The Labute approximate surface area is 163 Å². The number of benzene rings is 2. The summed E-state index contributed by atoms with van der Waals surface area (Å²) in [5.74, 6) is 0.447. The van der Waals surface area contributed by atoms with Crippen LogP contribution in [-0.2, 0) is 6.42 Å². The summed E-state index contributed by atoms with van der Waals surface area (Å²) in [5, 5.41) is 8.95. The van der Waals surface area contributed by atoms with Crippen molar-refractivity contribution in [2.45, 2.75) is 32.8 Å². The Kier molecular flexibility index (Phi) is 7.68. The van der Waals surface area contributed by atoms with Crippen molar-refractivity contribution in [2.75, 3.05) is 13.1 Å². The number of nitrogens with zero attached hydrogens (tertiary/aromatic N) is 2. The summed E-state index contributed by atoms with van der Waals surface area (Å²) < 4.78 is 6.63. The molecule has 0 saturated carbocycles. The van der Waals surface area contributed by atoms with Gasteiger partial charge in [0, 0.05) is 17.6 Å². The molecule has 26 heavy (non-hydrogen) atoms. The van der Waals surface area contributed by atoms with Crippen LogP contribution < -0.4 is 4.74 Å². The number of amides is 1. The third kappa shape index (κ3) is 5.89. The summed E-state index contributed by atoms with van der Waals surface area (Å²) in [6.07, 6.45) is 1.01. The van der Waals surface area contributed by atoms with Crippen LogP contribution in [0.15, 0.2) is 53.0 Å². The molecule has 0 unspecified atom stereocenters. The van der Waals surface area contributed by atoms with Gasteiger partial charge in [-0.25, -0.2) is 0 Å². The molecule has 0 aliphatic heterocycles. The Bertz CT molecular complexity index is 769. The van der Waals surface area contributed by atoms with Crippen LogP contribution in [0.1, 0.15) is 36.2 Å². The van der Waals surface area contributed by atoms with Gasteiger partial charge in [0.2, 0.25) is 0 Å². The molecule has 0 bridgehead atoms. The molecule has 4 nitrogen and oxygen atoms in total. The first-order valence-corrected chi connectivity index (χ1v) is 9.47. The zero-order valence-corrected chi connectivity index (χ0v) is 16.7. The molecule has 2 rings (SSSR count). The quantitative estimate of drug-likeness (QED) is 0.620. The highest BCUT2D eigenvalue weighted by Gasteiger charge is 2.20. The van der Waals surface area contributed by atoms with Gasteiger partial charge in [-0.15, -0.1) is 0 Å². The second-order valence-corrected chi connectivity index (χ2v) is 7.16. The minimum absolute atomic E-state index is 0.0281. The predicted octanol–water partition coefficient (Wildman–Crippen LogP) is 4.83. The first-order chi connectivity index (χ1) is 12.5. The molecule has 136 valence electrons. The van der Waals surface area contributed by atoms with Gasteiger partial charge in [0.05, 0.1) is 24.2 Å². The Morgan fingerprint density at radius 3 is 2.58 bits per heavy atom. The summed E-state index contributed by atoms with van der Waals surface area (Å²) in [6, 6.07) is 17.6. The standard InChI is InChI=1S/C21H23BrN2O2/c1-16(2)26-20-10-9-18(22)15-19(20)21(25)24(13-6-12-23)14-11-17-7-4-3-5-8-17/h3-5,7-10,15-16H,6,11,13-14H2,1-2H3. The summed E-state index contributed by atoms with van der Waals surface area (Å²) in [5.41, 5.74) is 1.68. The van der Waals surface area contributed by atoms with Crippen LogP contribution in [-0.4, -0.2) is 30.0 Å². The van der Waals surface area contributed by atoms with E-state index in [4.69, 9.17) is 10.00 Å². The molecule has 0 radical (unpaired) electrons. The fourth-order valence-electron chi connectivity index (χ4n) is 2.60. The van der Waals surface area contributed by atoms with E-state index in [1.807, 2.05) is 50.2 Å². The molecule has 0 atom stereocenters. The molecule has 0 aliphatic carbocycles. The Morgan fingerprint density at radius 2 is 1.92 bits per heavy atom. The smallest absolute Gasteiger partial charge is 0.257 e. The minimum Gasteiger partial charge on any atom is -0.490 e. The lowest BCUT2D eigenvalue weighted by atomic mass is 10.1. The Balaban J connectivity index is 2.22. The average molecular weight is 415 g/mol. The number of carbonyl (C=O) groups is 1. The van der Waals surface area contributed by atoms with Crippen LogP contribution in [0.2, 0.25) is 0 Å². The number of rotatable bonds is 8. The van der Waals surface area contributed by atoms with Crippen molar-refractivity contribution in [1.29, 1.82) is 5.26 Å². The van der Waals surface area contributed by atoms with Crippen LogP contribution in [0, 0.1) is 11.3 Å². The SMILES string of the molecule is CC(C)Oc1ccc(Br)cc1C(=O)N(CCC#N)CCc1ccccc1. The molecule has 0 N–H and O–H groups in total. The van der Waals surface area contributed by atoms with Gasteiger partial charge in [0.15, 0.2) is 0 Å². The topological polar surface area (TPSA) is 53.3 Å². The van der Waals surface area contributed by atoms with Crippen LogP contribution in [0.25, 0.3) is 0 Å². The second kappa shape index (κ2) is 9.98. The minimum atomic E-state index is -0.117. The number of ether oxygens (including phenoxy) is 1. The molecule has 0 heterocycles. The molecule has 0 spiro atoms. The number of hydrogen-bond donors (Lipinski definition) is 0. The molecular formula is C21H23BrN2O2. The third-order valence-corrected chi connectivity index (χ3v) is 4.32. The average Bonchev–Trinajstić information content (AvgIpc) is 2.63. The van der Waals surface area contributed by atoms with E-state index in [1.165, 1.54) is 0 Å². The largest absolute Gasteiger partial charge is 0.490 e. The van der Waals surface area contributed by atoms with Crippen molar-refractivity contribution in [3.8, 4) is 11.8 Å². The maximum absolute atomic E-state index is 13.1.